The van der Waals surface area contributed by atoms with E-state index in [0.717, 1.165) is 12.8 Å². The van der Waals surface area contributed by atoms with Crippen molar-refractivity contribution >= 4 is 21.9 Å². The topological polar surface area (TPSA) is 92.8 Å². The van der Waals surface area contributed by atoms with Gasteiger partial charge in [0.2, 0.25) is 15.9 Å². The van der Waals surface area contributed by atoms with E-state index in [2.05, 4.69) is 9.46 Å². The third-order valence-electron chi connectivity index (χ3n) is 3.71. The molecular formula is C15H20N2O5S. The van der Waals surface area contributed by atoms with E-state index >= 15 is 0 Å². The van der Waals surface area contributed by atoms with E-state index in [1.54, 1.807) is 4.90 Å². The maximum absolute atomic E-state index is 12.3. The Bertz CT molecular complexity index is 678. The summed E-state index contributed by atoms with van der Waals surface area (Å²) in [6, 6.07) is 4.52. The van der Waals surface area contributed by atoms with Crippen LogP contribution >= 0.6 is 0 Å². The maximum atomic E-state index is 12.3. The van der Waals surface area contributed by atoms with Crippen LogP contribution in [0.1, 0.15) is 30.1 Å². The third kappa shape index (κ3) is 4.08. The maximum Gasteiger partial charge on any atom is 0.337 e. The largest absolute Gasteiger partial charge is 0.465 e. The van der Waals surface area contributed by atoms with Crippen molar-refractivity contribution in [2.24, 2.45) is 0 Å². The number of amides is 1. The minimum Gasteiger partial charge on any atom is -0.465 e. The quantitative estimate of drug-likeness (QED) is 0.799. The van der Waals surface area contributed by atoms with Crippen molar-refractivity contribution in [2.75, 3.05) is 20.2 Å². The first kappa shape index (κ1) is 17.4. The van der Waals surface area contributed by atoms with Gasteiger partial charge in [-0.3, -0.25) is 4.79 Å². The Morgan fingerprint density at radius 3 is 2.26 bits per heavy atom. The van der Waals surface area contributed by atoms with Crippen molar-refractivity contribution in [3.05, 3.63) is 29.8 Å². The highest BCUT2D eigenvalue weighted by Crippen LogP contribution is 2.14. The Balaban J connectivity index is 2.08. The molecule has 0 aromatic heterocycles. The van der Waals surface area contributed by atoms with E-state index in [4.69, 9.17) is 0 Å². The molecule has 126 valence electrons. The summed E-state index contributed by atoms with van der Waals surface area (Å²) in [5, 5.41) is 0. The number of carbonyl (C=O) groups is 2. The Kier molecular flexibility index (Phi) is 5.38. The predicted molar refractivity (Wildman–Crippen MR) is 83.4 cm³/mol. The Morgan fingerprint density at radius 2 is 1.74 bits per heavy atom. The molecule has 8 heteroatoms. The fraction of sp³-hybridized carbons (Fsp3) is 0.467. The van der Waals surface area contributed by atoms with E-state index < -0.39 is 22.0 Å². The fourth-order valence-electron chi connectivity index (χ4n) is 2.45. The standard InChI is InChI=1S/C15H20N2O5S/c1-11(14(18)17-9-3-4-10-17)16-23(20,21)13-7-5-12(6-8-13)15(19)22-2/h5-8,11,16H,3-4,9-10H2,1-2H3. The number of nitrogens with one attached hydrogen (secondary N) is 1. The summed E-state index contributed by atoms with van der Waals surface area (Å²) in [7, 11) is -2.58. The lowest BCUT2D eigenvalue weighted by Gasteiger charge is -2.21. The number of rotatable bonds is 5. The van der Waals surface area contributed by atoms with Crippen LogP contribution in [0.15, 0.2) is 29.2 Å². The van der Waals surface area contributed by atoms with E-state index in [9.17, 15) is 18.0 Å². The highest BCUT2D eigenvalue weighted by molar-refractivity contribution is 7.89. The van der Waals surface area contributed by atoms with Crippen LogP contribution in [0, 0.1) is 0 Å². The van der Waals surface area contributed by atoms with E-state index in [1.165, 1.54) is 38.3 Å². The number of sulfonamides is 1. The number of carbonyl (C=O) groups excluding carboxylic acids is 2. The van der Waals surface area contributed by atoms with Gasteiger partial charge in [0, 0.05) is 13.1 Å². The van der Waals surface area contributed by atoms with Crippen LogP contribution in [0.5, 0.6) is 0 Å². The first-order chi connectivity index (χ1) is 10.8. The molecule has 1 heterocycles. The minimum atomic E-state index is -3.83. The first-order valence-electron chi connectivity index (χ1n) is 7.34. The number of benzene rings is 1. The summed E-state index contributed by atoms with van der Waals surface area (Å²) in [5.41, 5.74) is 0.257. The molecule has 7 nitrogen and oxygen atoms in total. The molecule has 0 bridgehead atoms. The molecule has 0 radical (unpaired) electrons. The van der Waals surface area contributed by atoms with Gasteiger partial charge in [-0.15, -0.1) is 0 Å². The molecule has 1 amide bonds. The monoisotopic (exact) mass is 340 g/mol. The minimum absolute atomic E-state index is 0.00812. The van der Waals surface area contributed by atoms with Crippen molar-refractivity contribution in [2.45, 2.75) is 30.7 Å². The van der Waals surface area contributed by atoms with Crippen molar-refractivity contribution in [3.8, 4) is 0 Å². The Labute approximate surface area is 135 Å². The number of ether oxygens (including phenoxy) is 1. The normalized spacial score (nSPS) is 16.2. The second-order valence-corrected chi connectivity index (χ2v) is 7.11. The van der Waals surface area contributed by atoms with E-state index in [0.29, 0.717) is 13.1 Å². The molecule has 1 aromatic rings. The molecule has 1 aromatic carbocycles. The lowest BCUT2D eigenvalue weighted by atomic mass is 10.2. The number of methoxy groups -OCH3 is 1. The van der Waals surface area contributed by atoms with Gasteiger partial charge in [-0.25, -0.2) is 13.2 Å². The van der Waals surface area contributed by atoms with Crippen LogP contribution in [-0.2, 0) is 19.6 Å². The van der Waals surface area contributed by atoms with Crippen molar-refractivity contribution in [1.29, 1.82) is 0 Å². The second kappa shape index (κ2) is 7.10. The molecule has 1 aliphatic rings. The van der Waals surface area contributed by atoms with Gasteiger partial charge in [-0.2, -0.15) is 4.72 Å². The van der Waals surface area contributed by atoms with Gasteiger partial charge in [0.15, 0.2) is 0 Å². The predicted octanol–water partition coefficient (Wildman–Crippen LogP) is 0.762. The van der Waals surface area contributed by atoms with Crippen LogP contribution in [-0.4, -0.2) is 51.4 Å². The zero-order valence-electron chi connectivity index (χ0n) is 13.1. The average Bonchev–Trinajstić information content (AvgIpc) is 3.07. The van der Waals surface area contributed by atoms with Crippen LogP contribution in [0.4, 0.5) is 0 Å². The number of hydrogen-bond donors (Lipinski definition) is 1. The molecule has 1 aliphatic heterocycles. The SMILES string of the molecule is COC(=O)c1ccc(S(=O)(=O)NC(C)C(=O)N2CCCC2)cc1. The number of hydrogen-bond acceptors (Lipinski definition) is 5. The van der Waals surface area contributed by atoms with Crippen molar-refractivity contribution in [3.63, 3.8) is 0 Å². The first-order valence-corrected chi connectivity index (χ1v) is 8.83. The summed E-state index contributed by atoms with van der Waals surface area (Å²) in [6.45, 7) is 2.86. The zero-order chi connectivity index (χ0) is 17.0. The number of likely N-dealkylation sites (tertiary alicyclic amines) is 1. The molecule has 0 saturated carbocycles. The summed E-state index contributed by atoms with van der Waals surface area (Å²) in [6.07, 6.45) is 1.89. The molecule has 1 fully saturated rings. The summed E-state index contributed by atoms with van der Waals surface area (Å²) in [4.78, 5) is 25.2. The summed E-state index contributed by atoms with van der Waals surface area (Å²) < 4.78 is 31.6. The molecule has 2 rings (SSSR count). The summed E-state index contributed by atoms with van der Waals surface area (Å²) in [5.74, 6) is -0.767. The van der Waals surface area contributed by atoms with Gasteiger partial charge >= 0.3 is 5.97 Å². The zero-order valence-corrected chi connectivity index (χ0v) is 13.9. The van der Waals surface area contributed by atoms with Gasteiger partial charge in [0.05, 0.1) is 23.6 Å². The lowest BCUT2D eigenvalue weighted by molar-refractivity contribution is -0.131. The number of nitrogens with zero attached hydrogens (tertiary/aromatic N) is 1. The van der Waals surface area contributed by atoms with Crippen LogP contribution in [0.3, 0.4) is 0 Å². The lowest BCUT2D eigenvalue weighted by Crippen LogP contribution is -2.45. The number of esters is 1. The Hall–Kier alpha value is -1.93. The second-order valence-electron chi connectivity index (χ2n) is 5.39. The van der Waals surface area contributed by atoms with Crippen LogP contribution in [0.25, 0.3) is 0 Å². The smallest absolute Gasteiger partial charge is 0.337 e. The van der Waals surface area contributed by atoms with Gasteiger partial charge in [-0.05, 0) is 44.0 Å². The molecular weight excluding hydrogens is 320 g/mol. The van der Waals surface area contributed by atoms with Crippen LogP contribution in [0.2, 0.25) is 0 Å². The summed E-state index contributed by atoms with van der Waals surface area (Å²) >= 11 is 0. The average molecular weight is 340 g/mol. The molecule has 0 aliphatic carbocycles. The fourth-order valence-corrected chi connectivity index (χ4v) is 3.65. The van der Waals surface area contributed by atoms with Crippen molar-refractivity contribution < 1.29 is 22.7 Å². The van der Waals surface area contributed by atoms with Gasteiger partial charge in [-0.1, -0.05) is 0 Å². The van der Waals surface area contributed by atoms with Gasteiger partial charge < -0.3 is 9.64 Å². The van der Waals surface area contributed by atoms with Crippen LogP contribution < -0.4 is 4.72 Å². The Morgan fingerprint density at radius 1 is 1.17 bits per heavy atom. The van der Waals surface area contributed by atoms with Gasteiger partial charge in [0.25, 0.3) is 0 Å². The highest BCUT2D eigenvalue weighted by atomic mass is 32.2. The van der Waals surface area contributed by atoms with E-state index in [1.807, 2.05) is 0 Å². The van der Waals surface area contributed by atoms with E-state index in [-0.39, 0.29) is 16.4 Å². The highest BCUT2D eigenvalue weighted by Gasteiger charge is 2.27. The van der Waals surface area contributed by atoms with Crippen molar-refractivity contribution in [1.82, 2.24) is 9.62 Å². The molecule has 0 spiro atoms. The molecule has 1 atom stereocenters. The van der Waals surface area contributed by atoms with Gasteiger partial charge in [0.1, 0.15) is 0 Å². The molecule has 1 N–H and O–H groups in total. The third-order valence-corrected chi connectivity index (χ3v) is 5.26. The molecule has 23 heavy (non-hydrogen) atoms. The molecule has 1 saturated heterocycles. The molecule has 1 unspecified atom stereocenters.